The van der Waals surface area contributed by atoms with Crippen LogP contribution in [-0.4, -0.2) is 18.2 Å². The van der Waals surface area contributed by atoms with E-state index in [1.807, 2.05) is 0 Å². The lowest BCUT2D eigenvalue weighted by Gasteiger charge is -2.16. The summed E-state index contributed by atoms with van der Waals surface area (Å²) in [7, 11) is -4.65. The molecule has 0 bridgehead atoms. The van der Waals surface area contributed by atoms with Crippen molar-refractivity contribution in [1.82, 2.24) is 9.78 Å². The molecule has 16 heavy (non-hydrogen) atoms. The molecule has 1 heterocycles. The zero-order chi connectivity index (χ0) is 11.6. The summed E-state index contributed by atoms with van der Waals surface area (Å²) in [4.78, 5) is 0. The lowest BCUT2D eigenvalue weighted by Crippen LogP contribution is -2.14. The molecule has 0 radical (unpaired) electrons. The van der Waals surface area contributed by atoms with Crippen LogP contribution in [0.15, 0.2) is 17.3 Å². The zero-order valence-corrected chi connectivity index (χ0v) is 9.79. The summed E-state index contributed by atoms with van der Waals surface area (Å²) in [6.45, 7) is 0. The molecule has 6 heteroatoms. The lowest BCUT2D eigenvalue weighted by atomic mass is 10.1. The first-order valence-corrected chi connectivity index (χ1v) is 6.95. The molecular formula is C10H15FN2O2S. The van der Waals surface area contributed by atoms with Gasteiger partial charge in [-0.2, -0.15) is 13.5 Å². The Hall–Kier alpha value is -0.910. The predicted molar refractivity (Wildman–Crippen MR) is 57.3 cm³/mol. The van der Waals surface area contributed by atoms with E-state index in [1.165, 1.54) is 16.9 Å². The van der Waals surface area contributed by atoms with Crippen LogP contribution in [0.4, 0.5) is 3.89 Å². The summed E-state index contributed by atoms with van der Waals surface area (Å²) in [6.07, 6.45) is 7.53. The van der Waals surface area contributed by atoms with E-state index in [9.17, 15) is 12.3 Å². The molecule has 0 aliphatic heterocycles. The van der Waals surface area contributed by atoms with E-state index in [0.717, 1.165) is 38.5 Å². The number of rotatable bonds is 2. The standard InChI is InChI=1S/C10H15FN2O2S/c11-16(14,15)10-7-8-12-13(10)9-5-3-1-2-4-6-9/h7-9H,1-6H2. The Bertz CT molecular complexity index is 447. The first kappa shape index (κ1) is 11.6. The van der Waals surface area contributed by atoms with E-state index in [-0.39, 0.29) is 11.1 Å². The van der Waals surface area contributed by atoms with Crippen LogP contribution in [-0.2, 0) is 10.2 Å². The summed E-state index contributed by atoms with van der Waals surface area (Å²) < 4.78 is 36.1. The summed E-state index contributed by atoms with van der Waals surface area (Å²) in [5, 5.41) is 3.64. The Morgan fingerprint density at radius 1 is 1.25 bits per heavy atom. The van der Waals surface area contributed by atoms with Crippen LogP contribution < -0.4 is 0 Å². The average Bonchev–Trinajstić information content (AvgIpc) is 2.55. The quantitative estimate of drug-likeness (QED) is 0.595. The fourth-order valence-corrected chi connectivity index (χ4v) is 2.91. The van der Waals surface area contributed by atoms with Gasteiger partial charge in [0.2, 0.25) is 0 Å². The Kier molecular flexibility index (Phi) is 3.28. The summed E-state index contributed by atoms with van der Waals surface area (Å²) >= 11 is 0. The van der Waals surface area contributed by atoms with Gasteiger partial charge in [0.25, 0.3) is 0 Å². The van der Waals surface area contributed by atoms with Crippen molar-refractivity contribution in [2.45, 2.75) is 49.6 Å². The van der Waals surface area contributed by atoms with E-state index < -0.39 is 10.2 Å². The maximum absolute atomic E-state index is 13.0. The minimum absolute atomic E-state index is 0.0259. The molecule has 0 N–H and O–H groups in total. The van der Waals surface area contributed by atoms with Crippen LogP contribution in [0.3, 0.4) is 0 Å². The smallest absolute Gasteiger partial charge is 0.249 e. The largest absolute Gasteiger partial charge is 0.349 e. The van der Waals surface area contributed by atoms with Crippen molar-refractivity contribution in [3.05, 3.63) is 12.3 Å². The van der Waals surface area contributed by atoms with Gasteiger partial charge in [0.15, 0.2) is 5.03 Å². The van der Waals surface area contributed by atoms with Crippen molar-refractivity contribution in [3.8, 4) is 0 Å². The van der Waals surface area contributed by atoms with Crippen molar-refractivity contribution in [2.75, 3.05) is 0 Å². The second-order valence-electron chi connectivity index (χ2n) is 4.20. The van der Waals surface area contributed by atoms with Gasteiger partial charge >= 0.3 is 10.2 Å². The van der Waals surface area contributed by atoms with E-state index in [1.54, 1.807) is 0 Å². The molecule has 1 aromatic heterocycles. The van der Waals surface area contributed by atoms with Gasteiger partial charge in [0.1, 0.15) is 0 Å². The third kappa shape index (κ3) is 2.42. The van der Waals surface area contributed by atoms with Gasteiger partial charge in [0.05, 0.1) is 12.2 Å². The second-order valence-corrected chi connectivity index (χ2v) is 5.49. The fourth-order valence-electron chi connectivity index (χ4n) is 2.27. The SMILES string of the molecule is O=S(=O)(F)c1ccnn1C1CCCCCC1. The molecular weight excluding hydrogens is 231 g/mol. The Balaban J connectivity index is 2.29. The fraction of sp³-hybridized carbons (Fsp3) is 0.700. The molecule has 1 fully saturated rings. The van der Waals surface area contributed by atoms with Crippen LogP contribution in [0.2, 0.25) is 0 Å². The van der Waals surface area contributed by atoms with Crippen molar-refractivity contribution >= 4 is 10.2 Å². The van der Waals surface area contributed by atoms with Gasteiger partial charge in [-0.3, -0.25) is 0 Å². The van der Waals surface area contributed by atoms with Crippen molar-refractivity contribution in [1.29, 1.82) is 0 Å². The third-order valence-electron chi connectivity index (χ3n) is 3.05. The molecule has 1 aromatic rings. The highest BCUT2D eigenvalue weighted by Gasteiger charge is 2.24. The van der Waals surface area contributed by atoms with Crippen LogP contribution in [0.1, 0.15) is 44.6 Å². The minimum atomic E-state index is -4.65. The van der Waals surface area contributed by atoms with E-state index in [0.29, 0.717) is 0 Å². The summed E-state index contributed by atoms with van der Waals surface area (Å²) in [5.41, 5.74) is 0. The summed E-state index contributed by atoms with van der Waals surface area (Å²) in [5.74, 6) is 0. The maximum Gasteiger partial charge on any atom is 0.349 e. The van der Waals surface area contributed by atoms with Crippen LogP contribution >= 0.6 is 0 Å². The number of hydrogen-bond donors (Lipinski definition) is 0. The predicted octanol–water partition coefficient (Wildman–Crippen LogP) is 2.44. The number of nitrogens with zero attached hydrogens (tertiary/aromatic N) is 2. The first-order chi connectivity index (χ1) is 7.59. The topological polar surface area (TPSA) is 52.0 Å². The number of halogens is 1. The molecule has 0 saturated heterocycles. The van der Waals surface area contributed by atoms with Crippen molar-refractivity contribution in [3.63, 3.8) is 0 Å². The molecule has 0 unspecified atom stereocenters. The Morgan fingerprint density at radius 2 is 1.88 bits per heavy atom. The van der Waals surface area contributed by atoms with Crippen molar-refractivity contribution < 1.29 is 12.3 Å². The zero-order valence-electron chi connectivity index (χ0n) is 8.97. The van der Waals surface area contributed by atoms with Gasteiger partial charge in [0, 0.05) is 0 Å². The van der Waals surface area contributed by atoms with Gasteiger partial charge in [-0.1, -0.05) is 29.6 Å². The molecule has 0 atom stereocenters. The minimum Gasteiger partial charge on any atom is -0.249 e. The molecule has 1 aliphatic rings. The number of hydrogen-bond acceptors (Lipinski definition) is 3. The molecule has 1 saturated carbocycles. The first-order valence-electron chi connectivity index (χ1n) is 5.57. The Morgan fingerprint density at radius 3 is 2.44 bits per heavy atom. The van der Waals surface area contributed by atoms with E-state index >= 15 is 0 Å². The molecule has 0 aromatic carbocycles. The monoisotopic (exact) mass is 246 g/mol. The van der Waals surface area contributed by atoms with Gasteiger partial charge < -0.3 is 0 Å². The maximum atomic E-state index is 13.0. The third-order valence-corrected chi connectivity index (χ3v) is 3.88. The van der Waals surface area contributed by atoms with Crippen LogP contribution in [0.5, 0.6) is 0 Å². The van der Waals surface area contributed by atoms with Gasteiger partial charge in [-0.15, -0.1) is 0 Å². The Labute approximate surface area is 94.7 Å². The normalized spacial score (nSPS) is 19.6. The highest BCUT2D eigenvalue weighted by Crippen LogP contribution is 2.29. The van der Waals surface area contributed by atoms with Crippen molar-refractivity contribution in [2.24, 2.45) is 0 Å². The van der Waals surface area contributed by atoms with Crippen LogP contribution in [0.25, 0.3) is 0 Å². The van der Waals surface area contributed by atoms with Gasteiger partial charge in [-0.05, 0) is 18.9 Å². The highest BCUT2D eigenvalue weighted by molar-refractivity contribution is 7.86. The van der Waals surface area contributed by atoms with Crippen LogP contribution in [0, 0.1) is 0 Å². The van der Waals surface area contributed by atoms with E-state index in [2.05, 4.69) is 5.10 Å². The highest BCUT2D eigenvalue weighted by atomic mass is 32.3. The molecule has 0 amide bonds. The molecule has 2 rings (SSSR count). The summed E-state index contributed by atoms with van der Waals surface area (Å²) in [6, 6.07) is 1.25. The molecule has 0 spiro atoms. The molecule has 4 nitrogen and oxygen atoms in total. The number of aromatic nitrogens is 2. The second kappa shape index (κ2) is 4.53. The molecule has 90 valence electrons. The van der Waals surface area contributed by atoms with E-state index in [4.69, 9.17) is 0 Å². The average molecular weight is 246 g/mol. The molecule has 1 aliphatic carbocycles. The van der Waals surface area contributed by atoms with Gasteiger partial charge in [-0.25, -0.2) is 4.68 Å². The lowest BCUT2D eigenvalue weighted by molar-refractivity contribution is 0.373.